The largest absolute Gasteiger partial charge is 0.497 e. The Labute approximate surface area is 204 Å². The molecule has 0 aliphatic heterocycles. The highest BCUT2D eigenvalue weighted by molar-refractivity contribution is 7.92. The van der Waals surface area contributed by atoms with E-state index in [-0.39, 0.29) is 17.1 Å². The van der Waals surface area contributed by atoms with Gasteiger partial charge in [0, 0.05) is 6.54 Å². The van der Waals surface area contributed by atoms with Gasteiger partial charge in [0.15, 0.2) is 11.5 Å². The van der Waals surface area contributed by atoms with Gasteiger partial charge in [-0.1, -0.05) is 6.07 Å². The third-order valence-electron chi connectivity index (χ3n) is 5.23. The first-order valence-corrected chi connectivity index (χ1v) is 12.1. The number of ether oxygens (including phenoxy) is 3. The van der Waals surface area contributed by atoms with Crippen LogP contribution in [0.2, 0.25) is 0 Å². The Bertz CT molecular complexity index is 1250. The zero-order chi connectivity index (χ0) is 25.4. The third kappa shape index (κ3) is 6.42. The van der Waals surface area contributed by atoms with E-state index < -0.39 is 28.3 Å². The van der Waals surface area contributed by atoms with Crippen LogP contribution in [0.4, 0.5) is 10.1 Å². The van der Waals surface area contributed by atoms with Gasteiger partial charge in [-0.15, -0.1) is 0 Å². The van der Waals surface area contributed by atoms with Crippen LogP contribution in [0.15, 0.2) is 71.6 Å². The maximum absolute atomic E-state index is 13.5. The van der Waals surface area contributed by atoms with Gasteiger partial charge in [-0.25, -0.2) is 12.8 Å². The normalized spacial score (nSPS) is 11.0. The van der Waals surface area contributed by atoms with E-state index in [4.69, 9.17) is 14.2 Å². The van der Waals surface area contributed by atoms with E-state index in [1.54, 1.807) is 13.2 Å². The zero-order valence-electron chi connectivity index (χ0n) is 19.7. The summed E-state index contributed by atoms with van der Waals surface area (Å²) in [5.41, 5.74) is 1.07. The second-order valence-electron chi connectivity index (χ2n) is 7.45. The van der Waals surface area contributed by atoms with Gasteiger partial charge in [0.25, 0.3) is 10.0 Å². The topological polar surface area (TPSA) is 94.2 Å². The van der Waals surface area contributed by atoms with Crippen LogP contribution < -0.4 is 23.8 Å². The monoisotopic (exact) mass is 502 g/mol. The van der Waals surface area contributed by atoms with E-state index in [1.165, 1.54) is 50.6 Å². The molecule has 1 amide bonds. The number of rotatable bonds is 11. The minimum absolute atomic E-state index is 0.0271. The van der Waals surface area contributed by atoms with E-state index in [1.807, 2.05) is 12.1 Å². The number of methoxy groups -OCH3 is 3. The lowest BCUT2D eigenvalue weighted by Gasteiger charge is -2.24. The Kier molecular flexibility index (Phi) is 8.53. The average Bonchev–Trinajstić information content (AvgIpc) is 2.87. The Balaban J connectivity index is 1.75. The number of sulfonamides is 1. The van der Waals surface area contributed by atoms with Crippen molar-refractivity contribution < 1.29 is 31.8 Å². The summed E-state index contributed by atoms with van der Waals surface area (Å²) in [4.78, 5) is 12.7. The molecule has 0 aromatic heterocycles. The van der Waals surface area contributed by atoms with Crippen molar-refractivity contribution in [1.82, 2.24) is 5.32 Å². The van der Waals surface area contributed by atoms with Gasteiger partial charge in [-0.3, -0.25) is 9.10 Å². The number of hydrogen-bond donors (Lipinski definition) is 1. The number of nitrogens with one attached hydrogen (secondary N) is 1. The molecule has 3 aromatic carbocycles. The van der Waals surface area contributed by atoms with Crippen molar-refractivity contribution in [2.24, 2.45) is 0 Å². The molecule has 186 valence electrons. The van der Waals surface area contributed by atoms with E-state index in [2.05, 4.69) is 5.32 Å². The number of amides is 1. The van der Waals surface area contributed by atoms with Gasteiger partial charge in [-0.05, 0) is 72.6 Å². The Morgan fingerprint density at radius 2 is 1.54 bits per heavy atom. The fourth-order valence-corrected chi connectivity index (χ4v) is 4.79. The van der Waals surface area contributed by atoms with Crippen LogP contribution in [-0.4, -0.2) is 48.7 Å². The van der Waals surface area contributed by atoms with Gasteiger partial charge in [-0.2, -0.15) is 0 Å². The smallest absolute Gasteiger partial charge is 0.264 e. The van der Waals surface area contributed by atoms with Gasteiger partial charge in [0.2, 0.25) is 5.91 Å². The number of benzene rings is 3. The molecule has 0 unspecified atom stereocenters. The predicted molar refractivity (Wildman–Crippen MR) is 130 cm³/mol. The Morgan fingerprint density at radius 3 is 2.14 bits per heavy atom. The quantitative estimate of drug-likeness (QED) is 0.432. The molecule has 0 aliphatic rings. The Hall–Kier alpha value is -3.79. The van der Waals surface area contributed by atoms with Crippen LogP contribution >= 0.6 is 0 Å². The van der Waals surface area contributed by atoms with Gasteiger partial charge >= 0.3 is 0 Å². The molecule has 3 rings (SSSR count). The van der Waals surface area contributed by atoms with Crippen LogP contribution in [0.1, 0.15) is 5.56 Å². The number of carbonyl (C=O) groups excluding carboxylic acids is 1. The molecular formula is C25H27FN2O6S. The van der Waals surface area contributed by atoms with E-state index in [0.717, 1.165) is 22.0 Å². The van der Waals surface area contributed by atoms with Gasteiger partial charge < -0.3 is 19.5 Å². The molecule has 3 aromatic rings. The lowest BCUT2D eigenvalue weighted by Crippen LogP contribution is -2.41. The SMILES string of the molecule is COc1ccc(S(=O)(=O)N(CC(=O)NCCc2ccc(OC)c(OC)c2)c2ccc(F)cc2)cc1. The summed E-state index contributed by atoms with van der Waals surface area (Å²) in [5.74, 6) is 0.635. The van der Waals surface area contributed by atoms with Crippen LogP contribution in [0, 0.1) is 5.82 Å². The molecule has 0 saturated heterocycles. The second-order valence-corrected chi connectivity index (χ2v) is 9.32. The fourth-order valence-electron chi connectivity index (χ4n) is 3.37. The molecule has 0 atom stereocenters. The first kappa shape index (κ1) is 25.8. The lowest BCUT2D eigenvalue weighted by molar-refractivity contribution is -0.119. The first-order chi connectivity index (χ1) is 16.8. The van der Waals surface area contributed by atoms with E-state index in [0.29, 0.717) is 23.7 Å². The molecule has 8 nitrogen and oxygen atoms in total. The summed E-state index contributed by atoms with van der Waals surface area (Å²) in [6, 6.07) is 16.1. The summed E-state index contributed by atoms with van der Waals surface area (Å²) in [6.45, 7) is -0.208. The summed E-state index contributed by atoms with van der Waals surface area (Å²) in [5, 5.41) is 2.74. The van der Waals surface area contributed by atoms with Crippen molar-refractivity contribution >= 4 is 21.6 Å². The molecule has 0 aliphatic carbocycles. The maximum atomic E-state index is 13.5. The highest BCUT2D eigenvalue weighted by atomic mass is 32.2. The predicted octanol–water partition coefficient (Wildman–Crippen LogP) is 3.41. The van der Waals surface area contributed by atoms with Crippen molar-refractivity contribution in [2.45, 2.75) is 11.3 Å². The summed E-state index contributed by atoms with van der Waals surface area (Å²) < 4.78 is 56.7. The van der Waals surface area contributed by atoms with Crippen LogP contribution in [0.3, 0.4) is 0 Å². The Morgan fingerprint density at radius 1 is 0.886 bits per heavy atom. The van der Waals surface area contributed by atoms with Crippen LogP contribution in [-0.2, 0) is 21.2 Å². The van der Waals surface area contributed by atoms with Crippen molar-refractivity contribution in [3.8, 4) is 17.2 Å². The fraction of sp³-hybridized carbons (Fsp3) is 0.240. The standard InChI is InChI=1S/C25H27FN2O6S/c1-32-21-9-11-22(12-10-21)35(30,31)28(20-7-5-19(26)6-8-20)17-25(29)27-15-14-18-4-13-23(33-2)24(16-18)34-3/h4-13,16H,14-15,17H2,1-3H3,(H,27,29). The van der Waals surface area contributed by atoms with E-state index in [9.17, 15) is 17.6 Å². The third-order valence-corrected chi connectivity index (χ3v) is 7.02. The maximum Gasteiger partial charge on any atom is 0.264 e. The minimum atomic E-state index is -4.12. The van der Waals surface area contributed by atoms with Crippen molar-refractivity contribution in [1.29, 1.82) is 0 Å². The molecule has 0 fully saturated rings. The van der Waals surface area contributed by atoms with Crippen LogP contribution in [0.25, 0.3) is 0 Å². The minimum Gasteiger partial charge on any atom is -0.497 e. The van der Waals surface area contributed by atoms with E-state index >= 15 is 0 Å². The number of halogens is 1. The molecule has 35 heavy (non-hydrogen) atoms. The highest BCUT2D eigenvalue weighted by Crippen LogP contribution is 2.28. The molecule has 0 heterocycles. The van der Waals surface area contributed by atoms with Crippen LogP contribution in [0.5, 0.6) is 17.2 Å². The average molecular weight is 503 g/mol. The lowest BCUT2D eigenvalue weighted by atomic mass is 10.1. The zero-order valence-corrected chi connectivity index (χ0v) is 20.5. The summed E-state index contributed by atoms with van der Waals surface area (Å²) >= 11 is 0. The first-order valence-electron chi connectivity index (χ1n) is 10.7. The molecular weight excluding hydrogens is 475 g/mol. The number of nitrogens with zero attached hydrogens (tertiary/aromatic N) is 1. The molecule has 0 radical (unpaired) electrons. The molecule has 0 saturated carbocycles. The second kappa shape index (κ2) is 11.6. The van der Waals surface area contributed by atoms with Gasteiger partial charge in [0.1, 0.15) is 18.1 Å². The van der Waals surface area contributed by atoms with Gasteiger partial charge in [0.05, 0.1) is 31.9 Å². The van der Waals surface area contributed by atoms with Crippen molar-refractivity contribution in [2.75, 3.05) is 38.7 Å². The molecule has 1 N–H and O–H groups in total. The number of hydrogen-bond acceptors (Lipinski definition) is 6. The highest BCUT2D eigenvalue weighted by Gasteiger charge is 2.27. The number of carbonyl (C=O) groups is 1. The molecule has 0 spiro atoms. The molecule has 10 heteroatoms. The molecule has 0 bridgehead atoms. The summed E-state index contributed by atoms with van der Waals surface area (Å²) in [6.07, 6.45) is 0.494. The number of anilines is 1. The summed E-state index contributed by atoms with van der Waals surface area (Å²) in [7, 11) is 0.441. The van der Waals surface area contributed by atoms with Crippen molar-refractivity contribution in [3.05, 3.63) is 78.1 Å². The van der Waals surface area contributed by atoms with Crippen molar-refractivity contribution in [3.63, 3.8) is 0 Å².